The first kappa shape index (κ1) is 18.2. The summed E-state index contributed by atoms with van der Waals surface area (Å²) in [6, 6.07) is -0.311. The maximum atomic E-state index is 12.3. The summed E-state index contributed by atoms with van der Waals surface area (Å²) in [5.41, 5.74) is 0. The van der Waals surface area contributed by atoms with E-state index >= 15 is 0 Å². The lowest BCUT2D eigenvalue weighted by atomic mass is 10.2. The van der Waals surface area contributed by atoms with Gasteiger partial charge in [-0.3, -0.25) is 9.59 Å². The summed E-state index contributed by atoms with van der Waals surface area (Å²) in [7, 11) is 4.83. The number of aliphatic carboxylic acids is 1. The molecule has 1 N–H and O–H groups in total. The van der Waals surface area contributed by atoms with E-state index in [0.717, 1.165) is 0 Å². The van der Waals surface area contributed by atoms with Gasteiger partial charge in [0.05, 0.1) is 0 Å². The topological polar surface area (TPSA) is 81.2 Å². The zero-order chi connectivity index (χ0) is 15.9. The van der Waals surface area contributed by atoms with E-state index in [2.05, 4.69) is 0 Å². The van der Waals surface area contributed by atoms with E-state index in [9.17, 15) is 14.4 Å². The van der Waals surface area contributed by atoms with Gasteiger partial charge >= 0.3 is 12.0 Å². The minimum atomic E-state index is -0.878. The molecule has 0 aromatic rings. The highest BCUT2D eigenvalue weighted by Gasteiger charge is 2.22. The Morgan fingerprint density at radius 1 is 1.10 bits per heavy atom. The molecule has 0 radical (unpaired) electrons. The van der Waals surface area contributed by atoms with Crippen LogP contribution >= 0.6 is 0 Å². The first-order chi connectivity index (χ1) is 9.16. The number of likely N-dealkylation sites (N-methyl/N-ethyl adjacent to an activating group) is 2. The van der Waals surface area contributed by atoms with Gasteiger partial charge in [-0.1, -0.05) is 0 Å². The molecule has 0 aliphatic heterocycles. The number of carbonyl (C=O) groups excluding carboxylic acids is 2. The van der Waals surface area contributed by atoms with E-state index in [-0.39, 0.29) is 30.9 Å². The van der Waals surface area contributed by atoms with Crippen LogP contribution in [0.25, 0.3) is 0 Å². The number of urea groups is 1. The van der Waals surface area contributed by atoms with Gasteiger partial charge in [0.25, 0.3) is 0 Å². The van der Waals surface area contributed by atoms with Gasteiger partial charge in [-0.2, -0.15) is 0 Å². The molecule has 20 heavy (non-hydrogen) atoms. The fourth-order valence-electron chi connectivity index (χ4n) is 1.61. The highest BCUT2D eigenvalue weighted by atomic mass is 16.4. The van der Waals surface area contributed by atoms with Crippen LogP contribution in [0, 0.1) is 0 Å². The van der Waals surface area contributed by atoms with Crippen LogP contribution in [0.4, 0.5) is 4.79 Å². The second-order valence-electron chi connectivity index (χ2n) is 5.21. The normalized spacial score (nSPS) is 10.3. The number of carbonyl (C=O) groups is 3. The summed E-state index contributed by atoms with van der Waals surface area (Å²) in [6.07, 6.45) is 0.422. The number of hydrogen-bond donors (Lipinski definition) is 1. The molecule has 3 amide bonds. The number of hydrogen-bond acceptors (Lipinski definition) is 3. The molecule has 0 fully saturated rings. The lowest BCUT2D eigenvalue weighted by Gasteiger charge is -2.31. The lowest BCUT2D eigenvalue weighted by molar-refractivity contribution is -0.137. The molecule has 0 bridgehead atoms. The van der Waals surface area contributed by atoms with Crippen LogP contribution in [0.15, 0.2) is 0 Å². The highest BCUT2D eigenvalue weighted by molar-refractivity contribution is 5.83. The molecule has 0 unspecified atom stereocenters. The smallest absolute Gasteiger partial charge is 0.320 e. The van der Waals surface area contributed by atoms with Crippen LogP contribution in [0.1, 0.15) is 26.7 Å². The van der Waals surface area contributed by atoms with Crippen molar-refractivity contribution in [3.63, 3.8) is 0 Å². The summed E-state index contributed by atoms with van der Waals surface area (Å²) < 4.78 is 0. The van der Waals surface area contributed by atoms with Crippen LogP contribution in [-0.2, 0) is 9.59 Å². The van der Waals surface area contributed by atoms with Crippen LogP contribution in [0.5, 0.6) is 0 Å². The summed E-state index contributed by atoms with van der Waals surface area (Å²) in [6.45, 7) is 4.10. The average molecular weight is 287 g/mol. The van der Waals surface area contributed by atoms with Crippen molar-refractivity contribution in [1.82, 2.24) is 14.7 Å². The van der Waals surface area contributed by atoms with Crippen molar-refractivity contribution in [2.24, 2.45) is 0 Å². The molecule has 7 nitrogen and oxygen atoms in total. The standard InChI is InChI=1S/C13H25N3O4/c1-10(2)16(8-6-7-12(18)19)13(20)15(5)9-11(17)14(3)4/h10H,6-9H2,1-5H3,(H,18,19). The van der Waals surface area contributed by atoms with Crippen molar-refractivity contribution >= 4 is 17.9 Å². The molecule has 0 aromatic heterocycles. The van der Waals surface area contributed by atoms with Gasteiger partial charge in [-0.05, 0) is 20.3 Å². The fourth-order valence-corrected chi connectivity index (χ4v) is 1.61. The van der Waals surface area contributed by atoms with Gasteiger partial charge in [0.2, 0.25) is 5.91 Å². The molecule has 0 heterocycles. The van der Waals surface area contributed by atoms with E-state index in [1.807, 2.05) is 13.8 Å². The van der Waals surface area contributed by atoms with E-state index in [4.69, 9.17) is 5.11 Å². The first-order valence-electron chi connectivity index (χ1n) is 6.60. The van der Waals surface area contributed by atoms with Crippen molar-refractivity contribution in [2.75, 3.05) is 34.2 Å². The number of rotatable bonds is 7. The maximum absolute atomic E-state index is 12.3. The van der Waals surface area contributed by atoms with Gasteiger partial charge in [-0.25, -0.2) is 4.79 Å². The molecule has 7 heteroatoms. The molecular formula is C13H25N3O4. The Morgan fingerprint density at radius 2 is 1.65 bits per heavy atom. The molecule has 0 atom stereocenters. The van der Waals surface area contributed by atoms with E-state index in [1.165, 1.54) is 9.80 Å². The summed E-state index contributed by atoms with van der Waals surface area (Å²) in [4.78, 5) is 38.7. The van der Waals surface area contributed by atoms with Crippen LogP contribution in [0.3, 0.4) is 0 Å². The fraction of sp³-hybridized carbons (Fsp3) is 0.769. The molecule has 0 rings (SSSR count). The maximum Gasteiger partial charge on any atom is 0.320 e. The third kappa shape index (κ3) is 6.40. The highest BCUT2D eigenvalue weighted by Crippen LogP contribution is 2.06. The van der Waals surface area contributed by atoms with Gasteiger partial charge in [-0.15, -0.1) is 0 Å². The Labute approximate surface area is 120 Å². The Balaban J connectivity index is 4.55. The summed E-state index contributed by atoms with van der Waals surface area (Å²) in [5.74, 6) is -1.03. The monoisotopic (exact) mass is 287 g/mol. The predicted molar refractivity (Wildman–Crippen MR) is 75.4 cm³/mol. The molecule has 0 saturated carbocycles. The Bertz CT molecular complexity index is 356. The number of carboxylic acids is 1. The average Bonchev–Trinajstić information content (AvgIpc) is 2.32. The van der Waals surface area contributed by atoms with Gasteiger partial charge in [0, 0.05) is 40.2 Å². The minimum absolute atomic E-state index is 0.00792. The van der Waals surface area contributed by atoms with Gasteiger partial charge in [0.1, 0.15) is 6.54 Å². The lowest BCUT2D eigenvalue weighted by Crippen LogP contribution is -2.48. The number of nitrogens with zero attached hydrogens (tertiary/aromatic N) is 3. The Hall–Kier alpha value is -1.79. The molecule has 0 spiro atoms. The van der Waals surface area contributed by atoms with Crippen molar-refractivity contribution in [1.29, 1.82) is 0 Å². The van der Waals surface area contributed by atoms with Crippen molar-refractivity contribution in [2.45, 2.75) is 32.7 Å². The molecule has 0 aliphatic rings. The SMILES string of the molecule is CC(C)N(CCCC(=O)O)C(=O)N(C)CC(=O)N(C)C. The molecule has 116 valence electrons. The summed E-state index contributed by atoms with van der Waals surface area (Å²) in [5, 5.41) is 8.63. The number of amides is 3. The zero-order valence-corrected chi connectivity index (χ0v) is 12.9. The first-order valence-corrected chi connectivity index (χ1v) is 6.60. The van der Waals surface area contributed by atoms with Gasteiger partial charge < -0.3 is 19.8 Å². The quantitative estimate of drug-likeness (QED) is 0.747. The van der Waals surface area contributed by atoms with E-state index < -0.39 is 5.97 Å². The Kier molecular flexibility index (Phi) is 7.64. The van der Waals surface area contributed by atoms with Crippen LogP contribution in [0.2, 0.25) is 0 Å². The second-order valence-corrected chi connectivity index (χ2v) is 5.21. The summed E-state index contributed by atoms with van der Waals surface area (Å²) >= 11 is 0. The van der Waals surface area contributed by atoms with Crippen LogP contribution < -0.4 is 0 Å². The van der Waals surface area contributed by atoms with Crippen molar-refractivity contribution in [3.05, 3.63) is 0 Å². The van der Waals surface area contributed by atoms with Crippen molar-refractivity contribution in [3.8, 4) is 0 Å². The predicted octanol–water partition coefficient (Wildman–Crippen LogP) is 0.702. The molecule has 0 aliphatic carbocycles. The van der Waals surface area contributed by atoms with Crippen LogP contribution in [-0.4, -0.2) is 78.0 Å². The Morgan fingerprint density at radius 3 is 2.05 bits per heavy atom. The second kappa shape index (κ2) is 8.39. The molecular weight excluding hydrogens is 262 g/mol. The molecule has 0 aromatic carbocycles. The minimum Gasteiger partial charge on any atom is -0.481 e. The van der Waals surface area contributed by atoms with Gasteiger partial charge in [0.15, 0.2) is 0 Å². The van der Waals surface area contributed by atoms with E-state index in [1.54, 1.807) is 26.0 Å². The number of carboxylic acid groups (broad SMARTS) is 1. The third-order valence-electron chi connectivity index (χ3n) is 2.86. The largest absolute Gasteiger partial charge is 0.481 e. The third-order valence-corrected chi connectivity index (χ3v) is 2.86. The zero-order valence-electron chi connectivity index (χ0n) is 12.9. The van der Waals surface area contributed by atoms with Crippen molar-refractivity contribution < 1.29 is 19.5 Å². The van der Waals surface area contributed by atoms with E-state index in [0.29, 0.717) is 13.0 Å². The molecule has 0 saturated heterocycles.